The molecule has 0 aliphatic carbocycles. The van der Waals surface area contributed by atoms with Crippen molar-refractivity contribution in [3.63, 3.8) is 0 Å². The van der Waals surface area contributed by atoms with Gasteiger partial charge in [-0.05, 0) is 37.6 Å². The molecule has 0 radical (unpaired) electrons. The summed E-state index contributed by atoms with van der Waals surface area (Å²) in [5, 5.41) is 0.787. The second-order valence-corrected chi connectivity index (χ2v) is 8.29. The lowest BCUT2D eigenvalue weighted by Crippen LogP contribution is -2.30. The molecule has 0 saturated heterocycles. The van der Waals surface area contributed by atoms with Crippen LogP contribution in [-0.4, -0.2) is 30.8 Å². The molecule has 0 unspecified atom stereocenters. The summed E-state index contributed by atoms with van der Waals surface area (Å²) < 4.78 is 26.3. The topological polar surface area (TPSA) is 50.3 Å². The SMILES string of the molecule is CCN(CC)S(=O)(=O)c1ccc(Sc2ccc(C)cc2C)nc1. The normalized spacial score (nSPS) is 11.9. The van der Waals surface area contributed by atoms with Crippen LogP contribution in [0.2, 0.25) is 0 Å². The first kappa shape index (κ1) is 18.0. The van der Waals surface area contributed by atoms with E-state index in [-0.39, 0.29) is 4.90 Å². The zero-order chi connectivity index (χ0) is 17.0. The molecule has 1 heterocycles. The number of pyridine rings is 1. The molecule has 1 aromatic carbocycles. The molecule has 4 nitrogen and oxygen atoms in total. The Morgan fingerprint density at radius 1 is 1.09 bits per heavy atom. The third kappa shape index (κ3) is 4.13. The molecular formula is C17H22N2O2S2. The molecule has 0 saturated carbocycles. The third-order valence-corrected chi connectivity index (χ3v) is 6.76. The van der Waals surface area contributed by atoms with Crippen LogP contribution in [0.3, 0.4) is 0 Å². The van der Waals surface area contributed by atoms with Crippen molar-refractivity contribution in [1.82, 2.24) is 9.29 Å². The van der Waals surface area contributed by atoms with Gasteiger partial charge in [0.25, 0.3) is 0 Å². The van der Waals surface area contributed by atoms with Crippen molar-refractivity contribution in [2.24, 2.45) is 0 Å². The summed E-state index contributed by atoms with van der Waals surface area (Å²) in [5.41, 5.74) is 2.41. The van der Waals surface area contributed by atoms with E-state index in [0.717, 1.165) is 9.92 Å². The number of hydrogen-bond acceptors (Lipinski definition) is 4. The Balaban J connectivity index is 2.23. The fourth-order valence-electron chi connectivity index (χ4n) is 2.32. The van der Waals surface area contributed by atoms with Gasteiger partial charge in [-0.15, -0.1) is 0 Å². The van der Waals surface area contributed by atoms with Crippen LogP contribution >= 0.6 is 11.8 Å². The van der Waals surface area contributed by atoms with Crippen molar-refractivity contribution in [2.45, 2.75) is 42.5 Å². The van der Waals surface area contributed by atoms with E-state index >= 15 is 0 Å². The van der Waals surface area contributed by atoms with Crippen LogP contribution in [0.15, 0.2) is 51.3 Å². The van der Waals surface area contributed by atoms with Gasteiger partial charge < -0.3 is 0 Å². The molecule has 23 heavy (non-hydrogen) atoms. The number of sulfonamides is 1. The Morgan fingerprint density at radius 2 is 1.78 bits per heavy atom. The molecule has 2 aromatic rings. The Morgan fingerprint density at radius 3 is 2.30 bits per heavy atom. The minimum Gasteiger partial charge on any atom is -0.248 e. The van der Waals surface area contributed by atoms with E-state index in [0.29, 0.717) is 13.1 Å². The fourth-order valence-corrected chi connectivity index (χ4v) is 4.55. The molecule has 6 heteroatoms. The first-order valence-corrected chi connectivity index (χ1v) is 9.85. The molecule has 0 bridgehead atoms. The van der Waals surface area contributed by atoms with Crippen LogP contribution in [0.4, 0.5) is 0 Å². The number of aromatic nitrogens is 1. The van der Waals surface area contributed by atoms with Crippen molar-refractivity contribution in [3.05, 3.63) is 47.7 Å². The number of rotatable bonds is 6. The highest BCUT2D eigenvalue weighted by Crippen LogP contribution is 2.30. The summed E-state index contributed by atoms with van der Waals surface area (Å²) in [4.78, 5) is 5.68. The van der Waals surface area contributed by atoms with E-state index in [1.165, 1.54) is 21.6 Å². The monoisotopic (exact) mass is 350 g/mol. The minimum absolute atomic E-state index is 0.242. The lowest BCUT2D eigenvalue weighted by Gasteiger charge is -2.18. The van der Waals surface area contributed by atoms with Crippen molar-refractivity contribution in [2.75, 3.05) is 13.1 Å². The molecule has 0 aliphatic rings. The lowest BCUT2D eigenvalue weighted by atomic mass is 10.2. The van der Waals surface area contributed by atoms with Crippen LogP contribution in [0.1, 0.15) is 25.0 Å². The third-order valence-electron chi connectivity index (χ3n) is 3.60. The van der Waals surface area contributed by atoms with Gasteiger partial charge in [-0.1, -0.05) is 43.3 Å². The van der Waals surface area contributed by atoms with E-state index in [4.69, 9.17) is 0 Å². The van der Waals surface area contributed by atoms with Gasteiger partial charge in [0.15, 0.2) is 0 Å². The van der Waals surface area contributed by atoms with Crippen LogP contribution in [0.5, 0.6) is 0 Å². The summed E-state index contributed by atoms with van der Waals surface area (Å²) in [6.45, 7) is 8.70. The maximum absolute atomic E-state index is 12.4. The molecule has 2 rings (SSSR count). The zero-order valence-corrected chi connectivity index (χ0v) is 15.5. The van der Waals surface area contributed by atoms with Gasteiger partial charge in [-0.25, -0.2) is 13.4 Å². The second kappa shape index (κ2) is 7.47. The van der Waals surface area contributed by atoms with Crippen molar-refractivity contribution in [1.29, 1.82) is 0 Å². The molecule has 0 aliphatic heterocycles. The predicted octanol–water partition coefficient (Wildman–Crippen LogP) is 3.88. The quantitative estimate of drug-likeness (QED) is 0.793. The first-order chi connectivity index (χ1) is 10.9. The molecule has 0 amide bonds. The average molecular weight is 351 g/mol. The highest BCUT2D eigenvalue weighted by atomic mass is 32.2. The highest BCUT2D eigenvalue weighted by molar-refractivity contribution is 7.99. The number of nitrogens with zero attached hydrogens (tertiary/aromatic N) is 2. The maximum Gasteiger partial charge on any atom is 0.244 e. The number of benzene rings is 1. The molecule has 0 spiro atoms. The van der Waals surface area contributed by atoms with Crippen LogP contribution in [0, 0.1) is 13.8 Å². The summed E-state index contributed by atoms with van der Waals surface area (Å²) in [5.74, 6) is 0. The molecule has 0 N–H and O–H groups in total. The van der Waals surface area contributed by atoms with E-state index in [2.05, 4.69) is 37.0 Å². The van der Waals surface area contributed by atoms with Gasteiger partial charge in [-0.3, -0.25) is 0 Å². The predicted molar refractivity (Wildman–Crippen MR) is 94.4 cm³/mol. The van der Waals surface area contributed by atoms with Gasteiger partial charge in [0.1, 0.15) is 9.92 Å². The zero-order valence-electron chi connectivity index (χ0n) is 13.9. The molecule has 0 atom stereocenters. The summed E-state index contributed by atoms with van der Waals surface area (Å²) in [6, 6.07) is 9.65. The lowest BCUT2D eigenvalue weighted by molar-refractivity contribution is 0.445. The number of hydrogen-bond donors (Lipinski definition) is 0. The van der Waals surface area contributed by atoms with Gasteiger partial charge >= 0.3 is 0 Å². The Kier molecular flexibility index (Phi) is 5.84. The second-order valence-electron chi connectivity index (χ2n) is 5.29. The van der Waals surface area contributed by atoms with Crippen molar-refractivity contribution >= 4 is 21.8 Å². The van der Waals surface area contributed by atoms with Gasteiger partial charge in [0.05, 0.1) is 0 Å². The Bertz CT molecular complexity index is 768. The van der Waals surface area contributed by atoms with Crippen molar-refractivity contribution in [3.8, 4) is 0 Å². The van der Waals surface area contributed by atoms with Crippen LogP contribution in [-0.2, 0) is 10.0 Å². The molecule has 124 valence electrons. The Labute approximate surface area is 143 Å². The molecule has 0 fully saturated rings. The van der Waals surface area contributed by atoms with Gasteiger partial charge in [0, 0.05) is 24.2 Å². The molecular weight excluding hydrogens is 328 g/mol. The van der Waals surface area contributed by atoms with Gasteiger partial charge in [-0.2, -0.15) is 4.31 Å². The number of aryl methyl sites for hydroxylation is 2. The van der Waals surface area contributed by atoms with Crippen molar-refractivity contribution < 1.29 is 8.42 Å². The minimum atomic E-state index is -3.44. The van der Waals surface area contributed by atoms with E-state index < -0.39 is 10.0 Å². The summed E-state index contributed by atoms with van der Waals surface area (Å²) in [6.07, 6.45) is 1.44. The first-order valence-electron chi connectivity index (χ1n) is 7.59. The van der Waals surface area contributed by atoms with E-state index in [1.807, 2.05) is 13.8 Å². The standard InChI is InChI=1S/C17H22N2O2S2/c1-5-19(6-2)23(20,21)15-8-10-17(18-12-15)22-16-9-7-13(3)11-14(16)4/h7-12H,5-6H2,1-4H3. The summed E-state index contributed by atoms with van der Waals surface area (Å²) >= 11 is 1.54. The maximum atomic E-state index is 12.4. The largest absolute Gasteiger partial charge is 0.248 e. The Hall–Kier alpha value is -1.37. The fraction of sp³-hybridized carbons (Fsp3) is 0.353. The van der Waals surface area contributed by atoms with E-state index in [9.17, 15) is 8.42 Å². The van der Waals surface area contributed by atoms with E-state index in [1.54, 1.807) is 23.9 Å². The summed E-state index contributed by atoms with van der Waals surface area (Å²) in [7, 11) is -3.44. The average Bonchev–Trinajstić information content (AvgIpc) is 2.51. The highest BCUT2D eigenvalue weighted by Gasteiger charge is 2.21. The van der Waals surface area contributed by atoms with Gasteiger partial charge in [0.2, 0.25) is 10.0 Å². The molecule has 1 aromatic heterocycles. The smallest absolute Gasteiger partial charge is 0.244 e. The van der Waals surface area contributed by atoms with Crippen LogP contribution < -0.4 is 0 Å². The van der Waals surface area contributed by atoms with Crippen LogP contribution in [0.25, 0.3) is 0 Å².